The number of halogens is 4. The zero-order chi connectivity index (χ0) is 16.7. The van der Waals surface area contributed by atoms with Crippen LogP contribution in [0, 0.1) is 0 Å². The molecular formula is C14H11F4N3O2. The zero-order valence-corrected chi connectivity index (χ0v) is 11.7. The van der Waals surface area contributed by atoms with E-state index in [1.807, 2.05) is 0 Å². The van der Waals surface area contributed by atoms with E-state index in [-0.39, 0.29) is 25.2 Å². The summed E-state index contributed by atoms with van der Waals surface area (Å²) < 4.78 is 54.8. The second-order valence-corrected chi connectivity index (χ2v) is 5.27. The third kappa shape index (κ3) is 3.33. The molecule has 0 radical (unpaired) electrons. The van der Waals surface area contributed by atoms with Crippen molar-refractivity contribution in [2.45, 2.75) is 31.2 Å². The molecule has 1 aliphatic rings. The molecular weight excluding hydrogens is 318 g/mol. The Morgan fingerprint density at radius 2 is 1.91 bits per heavy atom. The largest absolute Gasteiger partial charge is 0.471 e. The van der Waals surface area contributed by atoms with Gasteiger partial charge in [0.15, 0.2) is 5.67 Å². The minimum absolute atomic E-state index is 0.130. The van der Waals surface area contributed by atoms with Gasteiger partial charge < -0.3 is 9.84 Å². The van der Waals surface area contributed by atoms with E-state index in [0.717, 1.165) is 0 Å². The molecule has 1 N–H and O–H groups in total. The minimum Gasteiger partial charge on any atom is -0.349 e. The highest BCUT2D eigenvalue weighted by Gasteiger charge is 2.50. The third-order valence-electron chi connectivity index (χ3n) is 3.43. The molecule has 1 heterocycles. The van der Waals surface area contributed by atoms with Gasteiger partial charge in [0, 0.05) is 12.1 Å². The molecule has 122 valence electrons. The van der Waals surface area contributed by atoms with Gasteiger partial charge in [-0.2, -0.15) is 18.2 Å². The molecule has 23 heavy (non-hydrogen) atoms. The summed E-state index contributed by atoms with van der Waals surface area (Å²) in [5.74, 6) is -2.25. The lowest BCUT2D eigenvalue weighted by atomic mass is 10.1. The van der Waals surface area contributed by atoms with Crippen molar-refractivity contribution in [1.82, 2.24) is 15.5 Å². The van der Waals surface area contributed by atoms with E-state index in [1.165, 1.54) is 12.1 Å². The van der Waals surface area contributed by atoms with E-state index in [9.17, 15) is 22.4 Å². The summed E-state index contributed by atoms with van der Waals surface area (Å²) in [6.07, 6.45) is -4.23. The Balaban J connectivity index is 1.65. The van der Waals surface area contributed by atoms with Gasteiger partial charge in [-0.05, 0) is 18.4 Å². The Bertz CT molecular complexity index is 720. The van der Waals surface area contributed by atoms with Crippen molar-refractivity contribution in [3.63, 3.8) is 0 Å². The number of hydrogen-bond acceptors (Lipinski definition) is 4. The smallest absolute Gasteiger partial charge is 0.349 e. The number of aromatic nitrogens is 2. The summed E-state index contributed by atoms with van der Waals surface area (Å²) in [6, 6.07) is 6.15. The van der Waals surface area contributed by atoms with E-state index in [1.54, 1.807) is 12.1 Å². The van der Waals surface area contributed by atoms with Gasteiger partial charge in [0.2, 0.25) is 5.82 Å². The Hall–Kier alpha value is -2.45. The Morgan fingerprint density at radius 1 is 1.26 bits per heavy atom. The molecule has 2 aromatic rings. The van der Waals surface area contributed by atoms with Crippen LogP contribution in [-0.2, 0) is 17.5 Å². The predicted molar refractivity (Wildman–Crippen MR) is 69.7 cm³/mol. The normalized spacial score (nSPS) is 16.2. The fourth-order valence-electron chi connectivity index (χ4n) is 1.91. The quantitative estimate of drug-likeness (QED) is 0.876. The second-order valence-electron chi connectivity index (χ2n) is 5.27. The second kappa shape index (κ2) is 5.32. The van der Waals surface area contributed by atoms with Gasteiger partial charge in [-0.15, -0.1) is 0 Å². The average molecular weight is 329 g/mol. The highest BCUT2D eigenvalue weighted by atomic mass is 19.4. The molecule has 0 aliphatic heterocycles. The summed E-state index contributed by atoms with van der Waals surface area (Å²) >= 11 is 0. The van der Waals surface area contributed by atoms with E-state index in [2.05, 4.69) is 20.0 Å². The molecule has 1 amide bonds. The van der Waals surface area contributed by atoms with Crippen LogP contribution in [0.2, 0.25) is 0 Å². The lowest BCUT2D eigenvalue weighted by molar-refractivity contribution is -0.159. The van der Waals surface area contributed by atoms with Crippen molar-refractivity contribution >= 4 is 5.91 Å². The highest BCUT2D eigenvalue weighted by Crippen LogP contribution is 2.39. The SMILES string of the molecule is O=C(NCc1ccc(-c2noc(C(F)(F)F)n2)cc1)C1(F)CC1. The van der Waals surface area contributed by atoms with Crippen LogP contribution in [0.3, 0.4) is 0 Å². The number of rotatable bonds is 4. The summed E-state index contributed by atoms with van der Waals surface area (Å²) in [6.45, 7) is 0.130. The standard InChI is InChI=1S/C14H11F4N3O2/c15-13(5-6-13)11(22)19-7-8-1-3-9(4-2-8)10-20-12(23-21-10)14(16,17)18/h1-4H,5-7H2,(H,19,22). The number of carbonyl (C=O) groups is 1. The van der Waals surface area contributed by atoms with E-state index >= 15 is 0 Å². The van der Waals surface area contributed by atoms with Crippen molar-refractivity contribution in [3.05, 3.63) is 35.7 Å². The molecule has 1 saturated carbocycles. The lowest BCUT2D eigenvalue weighted by Gasteiger charge is -2.07. The van der Waals surface area contributed by atoms with Crippen molar-refractivity contribution in [3.8, 4) is 11.4 Å². The van der Waals surface area contributed by atoms with Crippen molar-refractivity contribution in [1.29, 1.82) is 0 Å². The number of alkyl halides is 4. The molecule has 0 unspecified atom stereocenters. The number of benzene rings is 1. The van der Waals surface area contributed by atoms with Crippen LogP contribution in [-0.4, -0.2) is 21.7 Å². The average Bonchev–Trinajstić information content (AvgIpc) is 3.06. The molecule has 1 aromatic carbocycles. The van der Waals surface area contributed by atoms with Crippen LogP contribution >= 0.6 is 0 Å². The monoisotopic (exact) mass is 329 g/mol. The van der Waals surface area contributed by atoms with Gasteiger partial charge >= 0.3 is 12.1 Å². The van der Waals surface area contributed by atoms with Crippen molar-refractivity contribution in [2.24, 2.45) is 0 Å². The molecule has 0 atom stereocenters. The van der Waals surface area contributed by atoms with Gasteiger partial charge in [0.25, 0.3) is 5.91 Å². The fraction of sp³-hybridized carbons (Fsp3) is 0.357. The molecule has 1 aliphatic carbocycles. The van der Waals surface area contributed by atoms with Gasteiger partial charge in [-0.1, -0.05) is 29.4 Å². The third-order valence-corrected chi connectivity index (χ3v) is 3.43. The molecule has 5 nitrogen and oxygen atoms in total. The first-order chi connectivity index (χ1) is 10.8. The maximum absolute atomic E-state index is 13.4. The number of hydrogen-bond donors (Lipinski definition) is 1. The summed E-state index contributed by atoms with van der Waals surface area (Å²) in [7, 11) is 0. The van der Waals surface area contributed by atoms with Gasteiger partial charge in [0.1, 0.15) is 0 Å². The van der Waals surface area contributed by atoms with Crippen LogP contribution in [0.4, 0.5) is 17.6 Å². The molecule has 0 saturated heterocycles. The Labute approximate surface area is 127 Å². The van der Waals surface area contributed by atoms with Gasteiger partial charge in [-0.25, -0.2) is 4.39 Å². The van der Waals surface area contributed by atoms with Crippen LogP contribution in [0.15, 0.2) is 28.8 Å². The van der Waals surface area contributed by atoms with Crippen molar-refractivity contribution in [2.75, 3.05) is 0 Å². The number of carbonyl (C=O) groups excluding carboxylic acids is 1. The van der Waals surface area contributed by atoms with E-state index in [0.29, 0.717) is 11.1 Å². The lowest BCUT2D eigenvalue weighted by Crippen LogP contribution is -2.32. The summed E-state index contributed by atoms with van der Waals surface area (Å²) in [5.41, 5.74) is -0.729. The van der Waals surface area contributed by atoms with Crippen LogP contribution in [0.25, 0.3) is 11.4 Å². The van der Waals surface area contributed by atoms with Gasteiger partial charge in [-0.3, -0.25) is 4.79 Å². The topological polar surface area (TPSA) is 68.0 Å². The predicted octanol–water partition coefficient (Wildman–Crippen LogP) is 2.87. The van der Waals surface area contributed by atoms with Gasteiger partial charge in [0.05, 0.1) is 0 Å². The van der Waals surface area contributed by atoms with Crippen molar-refractivity contribution < 1.29 is 26.9 Å². The van der Waals surface area contributed by atoms with E-state index < -0.39 is 23.6 Å². The molecule has 3 rings (SSSR count). The highest BCUT2D eigenvalue weighted by molar-refractivity contribution is 5.87. The van der Waals surface area contributed by atoms with Crippen LogP contribution in [0.1, 0.15) is 24.3 Å². The number of nitrogens with zero attached hydrogens (tertiary/aromatic N) is 2. The molecule has 1 fully saturated rings. The fourth-order valence-corrected chi connectivity index (χ4v) is 1.91. The molecule has 0 spiro atoms. The van der Waals surface area contributed by atoms with Crippen LogP contribution < -0.4 is 5.32 Å². The van der Waals surface area contributed by atoms with Crippen LogP contribution in [0.5, 0.6) is 0 Å². The molecule has 1 aromatic heterocycles. The molecule has 0 bridgehead atoms. The summed E-state index contributed by atoms with van der Waals surface area (Å²) in [4.78, 5) is 14.7. The number of nitrogens with one attached hydrogen (secondary N) is 1. The first-order valence-electron chi connectivity index (χ1n) is 6.75. The first-order valence-corrected chi connectivity index (χ1v) is 6.75. The summed E-state index contributed by atoms with van der Waals surface area (Å²) in [5, 5.41) is 5.74. The maximum atomic E-state index is 13.4. The maximum Gasteiger partial charge on any atom is 0.471 e. The zero-order valence-electron chi connectivity index (χ0n) is 11.7. The minimum atomic E-state index is -4.69. The number of amides is 1. The Morgan fingerprint density at radius 3 is 2.43 bits per heavy atom. The van der Waals surface area contributed by atoms with E-state index in [4.69, 9.17) is 0 Å². The molecule has 9 heteroatoms. The first kappa shape index (κ1) is 15.4. The Kier molecular flexibility index (Phi) is 3.57.